The van der Waals surface area contributed by atoms with E-state index in [-0.39, 0.29) is 0 Å². The van der Waals surface area contributed by atoms with E-state index in [0.717, 1.165) is 33.8 Å². The first-order valence-corrected chi connectivity index (χ1v) is 6.77. The number of rotatable bonds is 3. The van der Waals surface area contributed by atoms with Crippen LogP contribution < -0.4 is 9.47 Å². The van der Waals surface area contributed by atoms with Crippen LogP contribution in [0.1, 0.15) is 5.56 Å². The van der Waals surface area contributed by atoms with Crippen molar-refractivity contribution in [2.24, 2.45) is 0 Å². The molecule has 0 radical (unpaired) electrons. The normalized spacial score (nSPS) is 10.6. The maximum absolute atomic E-state index is 6.00. The van der Waals surface area contributed by atoms with Gasteiger partial charge < -0.3 is 9.47 Å². The molecule has 0 spiro atoms. The van der Waals surface area contributed by atoms with E-state index >= 15 is 0 Å². The number of hydrogen-bond donors (Lipinski definition) is 0. The van der Waals surface area contributed by atoms with Gasteiger partial charge in [0.05, 0.1) is 25.8 Å². The highest BCUT2D eigenvalue weighted by molar-refractivity contribution is 5.86. The molecule has 1 aromatic heterocycles. The van der Waals surface area contributed by atoms with Gasteiger partial charge in [-0.2, -0.15) is 0 Å². The van der Waals surface area contributed by atoms with Gasteiger partial charge in [-0.15, -0.1) is 0 Å². The van der Waals surface area contributed by atoms with Gasteiger partial charge in [0.25, 0.3) is 0 Å². The van der Waals surface area contributed by atoms with E-state index in [1.165, 1.54) is 5.56 Å². The van der Waals surface area contributed by atoms with Crippen molar-refractivity contribution in [3.05, 3.63) is 54.1 Å². The lowest BCUT2D eigenvalue weighted by Gasteiger charge is -2.03. The van der Waals surface area contributed by atoms with Gasteiger partial charge in [-0.05, 0) is 48.9 Å². The summed E-state index contributed by atoms with van der Waals surface area (Å²) in [6.07, 6.45) is 0. The molecule has 106 valence electrons. The van der Waals surface area contributed by atoms with Gasteiger partial charge in [0, 0.05) is 6.07 Å². The van der Waals surface area contributed by atoms with Gasteiger partial charge in [0.15, 0.2) is 0 Å². The van der Waals surface area contributed by atoms with E-state index in [1.54, 1.807) is 14.2 Å². The molecule has 0 N–H and O–H groups in total. The fourth-order valence-electron chi connectivity index (χ4n) is 2.34. The van der Waals surface area contributed by atoms with Crippen molar-refractivity contribution in [2.45, 2.75) is 6.92 Å². The van der Waals surface area contributed by atoms with E-state index in [0.29, 0.717) is 0 Å². The third-order valence-electron chi connectivity index (χ3n) is 3.48. The first-order valence-electron chi connectivity index (χ1n) is 6.77. The van der Waals surface area contributed by atoms with Crippen LogP contribution in [-0.2, 0) is 0 Å². The predicted octanol–water partition coefficient (Wildman–Crippen LogP) is 4.71. The van der Waals surface area contributed by atoms with Gasteiger partial charge in [-0.1, -0.05) is 0 Å². The van der Waals surface area contributed by atoms with Crippen molar-refractivity contribution in [1.29, 1.82) is 0 Å². The molecule has 0 fully saturated rings. The first-order chi connectivity index (χ1) is 10.2. The van der Waals surface area contributed by atoms with Crippen LogP contribution >= 0.6 is 0 Å². The van der Waals surface area contributed by atoms with E-state index in [1.807, 2.05) is 42.5 Å². The van der Waals surface area contributed by atoms with Crippen LogP contribution in [0, 0.1) is 6.92 Å². The largest absolute Gasteiger partial charge is 0.497 e. The Bertz CT molecular complexity index is 776. The van der Waals surface area contributed by atoms with Gasteiger partial charge in [0.1, 0.15) is 16.9 Å². The molecule has 21 heavy (non-hydrogen) atoms. The highest BCUT2D eigenvalue weighted by atomic mass is 16.5. The smallest absolute Gasteiger partial charge is 0.364 e. The number of benzene rings is 2. The van der Waals surface area contributed by atoms with Gasteiger partial charge in [0.2, 0.25) is 0 Å². The fourth-order valence-corrected chi connectivity index (χ4v) is 2.34. The molecule has 3 rings (SSSR count). The molecule has 1 heterocycles. The lowest BCUT2D eigenvalue weighted by molar-refractivity contribution is 0.414. The summed E-state index contributed by atoms with van der Waals surface area (Å²) in [4.78, 5) is 0. The fraction of sp³-hybridized carbons (Fsp3) is 0.167. The molecule has 0 amide bonds. The quantitative estimate of drug-likeness (QED) is 0.651. The summed E-state index contributed by atoms with van der Waals surface area (Å²) in [5.74, 6) is 2.40. The molecule has 0 atom stereocenters. The van der Waals surface area contributed by atoms with Gasteiger partial charge >= 0.3 is 11.3 Å². The maximum atomic E-state index is 6.00. The second kappa shape index (κ2) is 5.44. The molecule has 3 heteroatoms. The number of fused-ring (bicyclic) bond motifs is 1. The average Bonchev–Trinajstić information content (AvgIpc) is 2.54. The summed E-state index contributed by atoms with van der Waals surface area (Å²) in [6.45, 7) is 2.05. The zero-order valence-corrected chi connectivity index (χ0v) is 12.3. The Morgan fingerprint density at radius 2 is 1.62 bits per heavy atom. The molecule has 0 saturated heterocycles. The summed E-state index contributed by atoms with van der Waals surface area (Å²) in [5.41, 5.74) is 2.97. The Morgan fingerprint density at radius 3 is 2.29 bits per heavy atom. The molecule has 0 aliphatic carbocycles. The Hall–Kier alpha value is -2.55. The second-order valence-corrected chi connectivity index (χ2v) is 4.91. The minimum atomic E-state index is 0.769. The van der Waals surface area contributed by atoms with Crippen molar-refractivity contribution < 1.29 is 13.9 Å². The van der Waals surface area contributed by atoms with Gasteiger partial charge in [-0.25, -0.2) is 4.42 Å². The van der Waals surface area contributed by atoms with Crippen LogP contribution in [0.15, 0.2) is 52.9 Å². The van der Waals surface area contributed by atoms with Crippen LogP contribution in [0.3, 0.4) is 0 Å². The van der Waals surface area contributed by atoms with Crippen LogP contribution in [-0.4, -0.2) is 14.2 Å². The van der Waals surface area contributed by atoms with Crippen LogP contribution in [0.4, 0.5) is 0 Å². The van der Waals surface area contributed by atoms with Crippen molar-refractivity contribution in [3.8, 4) is 22.8 Å². The Balaban J connectivity index is 2.16. The molecular formula is C18H17O3+. The molecule has 2 aromatic carbocycles. The maximum Gasteiger partial charge on any atom is 0.364 e. The molecule has 3 aromatic rings. The summed E-state index contributed by atoms with van der Waals surface area (Å²) in [5, 5.41) is 0.981. The van der Waals surface area contributed by atoms with E-state index in [9.17, 15) is 0 Å². The van der Waals surface area contributed by atoms with Gasteiger partial charge in [-0.3, -0.25) is 0 Å². The van der Waals surface area contributed by atoms with Crippen LogP contribution in [0.2, 0.25) is 0 Å². The number of hydrogen-bond acceptors (Lipinski definition) is 2. The van der Waals surface area contributed by atoms with E-state index < -0.39 is 0 Å². The van der Waals surface area contributed by atoms with Crippen molar-refractivity contribution >= 4 is 11.0 Å². The zero-order chi connectivity index (χ0) is 14.8. The summed E-state index contributed by atoms with van der Waals surface area (Å²) in [6, 6.07) is 15.8. The summed E-state index contributed by atoms with van der Waals surface area (Å²) < 4.78 is 16.7. The highest BCUT2D eigenvalue weighted by Gasteiger charge is 2.19. The summed E-state index contributed by atoms with van der Waals surface area (Å²) >= 11 is 0. The minimum Gasteiger partial charge on any atom is -0.497 e. The molecule has 0 saturated carbocycles. The SMILES string of the molecule is COc1ccc(-c2cc(OC)c3cc(C)ccc3[o+]2)cc1. The Kier molecular flexibility index (Phi) is 3.48. The topological polar surface area (TPSA) is 29.8 Å². The molecule has 0 bridgehead atoms. The minimum absolute atomic E-state index is 0.769. The lowest BCUT2D eigenvalue weighted by atomic mass is 10.1. The Labute approximate surface area is 123 Å². The number of ether oxygens (including phenoxy) is 2. The second-order valence-electron chi connectivity index (χ2n) is 4.91. The molecule has 0 aliphatic rings. The zero-order valence-electron chi connectivity index (χ0n) is 12.3. The molecular weight excluding hydrogens is 264 g/mol. The molecule has 0 unspecified atom stereocenters. The Morgan fingerprint density at radius 1 is 0.857 bits per heavy atom. The monoisotopic (exact) mass is 281 g/mol. The highest BCUT2D eigenvalue weighted by Crippen LogP contribution is 2.33. The van der Waals surface area contributed by atoms with Crippen LogP contribution in [0.5, 0.6) is 11.5 Å². The molecule has 0 aliphatic heterocycles. The third kappa shape index (κ3) is 2.55. The van der Waals surface area contributed by atoms with Crippen LogP contribution in [0.25, 0.3) is 22.3 Å². The predicted molar refractivity (Wildman–Crippen MR) is 83.9 cm³/mol. The molecule has 3 nitrogen and oxygen atoms in total. The van der Waals surface area contributed by atoms with Crippen molar-refractivity contribution in [1.82, 2.24) is 0 Å². The third-order valence-corrected chi connectivity index (χ3v) is 3.48. The standard InChI is InChI=1S/C18H17O3/c1-12-4-9-16-15(10-12)18(20-3)11-17(21-16)13-5-7-14(19-2)8-6-13/h4-11H,1-3H3/q+1. The van der Waals surface area contributed by atoms with Crippen molar-refractivity contribution in [2.75, 3.05) is 14.2 Å². The number of aryl methyl sites for hydroxylation is 1. The summed E-state index contributed by atoms with van der Waals surface area (Å²) in [7, 11) is 3.33. The number of methoxy groups -OCH3 is 2. The average molecular weight is 281 g/mol. The lowest BCUT2D eigenvalue weighted by Crippen LogP contribution is -1.88. The van der Waals surface area contributed by atoms with E-state index in [2.05, 4.69) is 13.0 Å². The van der Waals surface area contributed by atoms with Crippen molar-refractivity contribution in [3.63, 3.8) is 0 Å². The van der Waals surface area contributed by atoms with E-state index in [4.69, 9.17) is 13.9 Å². The first kappa shape index (κ1) is 13.4.